The molecule has 1 rings (SSSR count). The number of carboxylic acids is 1. The van der Waals surface area contributed by atoms with Gasteiger partial charge in [-0.25, -0.2) is 0 Å². The third-order valence-corrected chi connectivity index (χ3v) is 3.61. The predicted octanol–water partition coefficient (Wildman–Crippen LogP) is 2.44. The van der Waals surface area contributed by atoms with E-state index in [4.69, 9.17) is 9.47 Å². The molecule has 0 amide bonds. The van der Waals surface area contributed by atoms with Gasteiger partial charge in [-0.15, -0.1) is 0 Å². The van der Waals surface area contributed by atoms with Crippen molar-refractivity contribution in [2.75, 3.05) is 26.4 Å². The Bertz CT molecular complexity index is 305. The lowest BCUT2D eigenvalue weighted by Gasteiger charge is -2.26. The topological polar surface area (TPSA) is 67.8 Å². The standard InChI is InChI=1S/C16H31NO4/c1-13(2)12-21-11-10-20-9-5-4-8-16(3,15(18)19)17-14-6-7-14/h13-14,17H,4-12H2,1-3H3,(H,18,19). The fourth-order valence-corrected chi connectivity index (χ4v) is 2.14. The molecule has 5 nitrogen and oxygen atoms in total. The van der Waals surface area contributed by atoms with Crippen molar-refractivity contribution in [1.82, 2.24) is 5.32 Å². The number of carbonyl (C=O) groups is 1. The molecule has 0 aromatic rings. The molecule has 1 atom stereocenters. The lowest BCUT2D eigenvalue weighted by atomic mass is 9.95. The van der Waals surface area contributed by atoms with E-state index in [0.29, 0.717) is 38.2 Å². The Balaban J connectivity index is 2.00. The van der Waals surface area contributed by atoms with Crippen LogP contribution in [0.3, 0.4) is 0 Å². The maximum atomic E-state index is 11.4. The van der Waals surface area contributed by atoms with Crippen molar-refractivity contribution < 1.29 is 19.4 Å². The third kappa shape index (κ3) is 8.39. The molecule has 1 unspecified atom stereocenters. The molecule has 1 aliphatic rings. The molecule has 0 spiro atoms. The Labute approximate surface area is 128 Å². The van der Waals surface area contributed by atoms with Crippen LogP contribution < -0.4 is 5.32 Å². The first-order chi connectivity index (χ1) is 9.94. The SMILES string of the molecule is CC(C)COCCOCCCCC(C)(NC1CC1)C(=O)O. The molecule has 1 saturated carbocycles. The number of hydrogen-bond acceptors (Lipinski definition) is 4. The van der Waals surface area contributed by atoms with Gasteiger partial charge in [-0.3, -0.25) is 10.1 Å². The number of carboxylic acid groups (broad SMARTS) is 1. The summed E-state index contributed by atoms with van der Waals surface area (Å²) in [6.07, 6.45) is 4.59. The highest BCUT2D eigenvalue weighted by Gasteiger charge is 2.37. The molecule has 5 heteroatoms. The summed E-state index contributed by atoms with van der Waals surface area (Å²) in [6, 6.07) is 0.403. The number of ether oxygens (including phenoxy) is 2. The van der Waals surface area contributed by atoms with Crippen molar-refractivity contribution in [2.24, 2.45) is 5.92 Å². The first kappa shape index (κ1) is 18.4. The highest BCUT2D eigenvalue weighted by molar-refractivity contribution is 5.78. The van der Waals surface area contributed by atoms with Gasteiger partial charge in [0.1, 0.15) is 5.54 Å². The fourth-order valence-electron chi connectivity index (χ4n) is 2.14. The second-order valence-electron chi connectivity index (χ2n) is 6.59. The van der Waals surface area contributed by atoms with E-state index < -0.39 is 11.5 Å². The van der Waals surface area contributed by atoms with Crippen LogP contribution in [0.15, 0.2) is 0 Å². The van der Waals surface area contributed by atoms with Crippen molar-refractivity contribution in [1.29, 1.82) is 0 Å². The van der Waals surface area contributed by atoms with Crippen LogP contribution in [0.25, 0.3) is 0 Å². The first-order valence-corrected chi connectivity index (χ1v) is 8.10. The number of aliphatic carboxylic acids is 1. The van der Waals surface area contributed by atoms with Crippen LogP contribution in [0.1, 0.15) is 52.9 Å². The predicted molar refractivity (Wildman–Crippen MR) is 82.5 cm³/mol. The van der Waals surface area contributed by atoms with Crippen molar-refractivity contribution in [3.05, 3.63) is 0 Å². The van der Waals surface area contributed by atoms with Crippen LogP contribution in [-0.4, -0.2) is 49.1 Å². The van der Waals surface area contributed by atoms with Crippen molar-refractivity contribution in [3.63, 3.8) is 0 Å². The smallest absolute Gasteiger partial charge is 0.323 e. The molecular weight excluding hydrogens is 270 g/mol. The average Bonchev–Trinajstić information content (AvgIpc) is 3.20. The van der Waals surface area contributed by atoms with E-state index in [1.165, 1.54) is 0 Å². The van der Waals surface area contributed by atoms with E-state index >= 15 is 0 Å². The summed E-state index contributed by atoms with van der Waals surface area (Å²) in [4.78, 5) is 11.4. The Morgan fingerprint density at radius 1 is 1.24 bits per heavy atom. The van der Waals surface area contributed by atoms with Crippen LogP contribution >= 0.6 is 0 Å². The van der Waals surface area contributed by atoms with Gasteiger partial charge in [-0.1, -0.05) is 13.8 Å². The number of hydrogen-bond donors (Lipinski definition) is 2. The van der Waals surface area contributed by atoms with Crippen LogP contribution in [0.5, 0.6) is 0 Å². The Morgan fingerprint density at radius 2 is 1.90 bits per heavy atom. The van der Waals surface area contributed by atoms with Gasteiger partial charge in [0, 0.05) is 19.3 Å². The van der Waals surface area contributed by atoms with Gasteiger partial charge < -0.3 is 14.6 Å². The molecule has 0 radical (unpaired) electrons. The number of unbranched alkanes of at least 4 members (excludes halogenated alkanes) is 1. The van der Waals surface area contributed by atoms with E-state index in [9.17, 15) is 9.90 Å². The van der Waals surface area contributed by atoms with Crippen LogP contribution in [0, 0.1) is 5.92 Å². The number of rotatable bonds is 13. The summed E-state index contributed by atoms with van der Waals surface area (Å²) >= 11 is 0. The molecule has 1 aliphatic carbocycles. The van der Waals surface area contributed by atoms with Gasteiger partial charge >= 0.3 is 5.97 Å². The Hall–Kier alpha value is -0.650. The van der Waals surface area contributed by atoms with Crippen LogP contribution in [0.2, 0.25) is 0 Å². The maximum Gasteiger partial charge on any atom is 0.323 e. The number of nitrogens with one attached hydrogen (secondary N) is 1. The lowest BCUT2D eigenvalue weighted by Crippen LogP contribution is -2.50. The van der Waals surface area contributed by atoms with Gasteiger partial charge in [0.25, 0.3) is 0 Å². The maximum absolute atomic E-state index is 11.4. The minimum atomic E-state index is -0.790. The molecule has 0 heterocycles. The van der Waals surface area contributed by atoms with E-state index in [0.717, 1.165) is 32.3 Å². The largest absolute Gasteiger partial charge is 0.480 e. The highest BCUT2D eigenvalue weighted by Crippen LogP contribution is 2.25. The van der Waals surface area contributed by atoms with Crippen molar-refractivity contribution in [3.8, 4) is 0 Å². The normalized spacial score (nSPS) is 17.9. The second kappa shape index (κ2) is 9.38. The second-order valence-corrected chi connectivity index (χ2v) is 6.59. The molecule has 124 valence electrons. The van der Waals surface area contributed by atoms with Gasteiger partial charge in [0.15, 0.2) is 0 Å². The van der Waals surface area contributed by atoms with Crippen LogP contribution in [0.4, 0.5) is 0 Å². The molecule has 21 heavy (non-hydrogen) atoms. The molecule has 0 aromatic heterocycles. The van der Waals surface area contributed by atoms with Crippen molar-refractivity contribution in [2.45, 2.75) is 64.5 Å². The summed E-state index contributed by atoms with van der Waals surface area (Å²) in [5.41, 5.74) is -0.790. The third-order valence-electron chi connectivity index (χ3n) is 3.61. The van der Waals surface area contributed by atoms with E-state index in [-0.39, 0.29) is 0 Å². The minimum Gasteiger partial charge on any atom is -0.480 e. The highest BCUT2D eigenvalue weighted by atomic mass is 16.5. The molecular formula is C16H31NO4. The average molecular weight is 301 g/mol. The molecule has 0 saturated heterocycles. The van der Waals surface area contributed by atoms with Gasteiger partial charge in [-0.05, 0) is 44.9 Å². The van der Waals surface area contributed by atoms with E-state index in [1.807, 2.05) is 0 Å². The quantitative estimate of drug-likeness (QED) is 0.511. The van der Waals surface area contributed by atoms with Crippen molar-refractivity contribution >= 4 is 5.97 Å². The van der Waals surface area contributed by atoms with Crippen LogP contribution in [-0.2, 0) is 14.3 Å². The first-order valence-electron chi connectivity index (χ1n) is 8.10. The van der Waals surface area contributed by atoms with E-state index in [2.05, 4.69) is 19.2 Å². The zero-order valence-corrected chi connectivity index (χ0v) is 13.7. The van der Waals surface area contributed by atoms with Gasteiger partial charge in [-0.2, -0.15) is 0 Å². The summed E-state index contributed by atoms with van der Waals surface area (Å²) in [6.45, 7) is 8.72. The Kier molecular flexibility index (Phi) is 8.22. The monoisotopic (exact) mass is 301 g/mol. The fraction of sp³-hybridized carbons (Fsp3) is 0.938. The van der Waals surface area contributed by atoms with Gasteiger partial charge in [0.2, 0.25) is 0 Å². The Morgan fingerprint density at radius 3 is 2.48 bits per heavy atom. The summed E-state index contributed by atoms with van der Waals surface area (Å²) in [5.74, 6) is -0.199. The summed E-state index contributed by atoms with van der Waals surface area (Å²) in [5, 5.41) is 12.6. The molecule has 0 aromatic carbocycles. The molecule has 2 N–H and O–H groups in total. The zero-order chi connectivity index (χ0) is 15.7. The summed E-state index contributed by atoms with van der Waals surface area (Å²) in [7, 11) is 0. The summed E-state index contributed by atoms with van der Waals surface area (Å²) < 4.78 is 10.9. The minimum absolute atomic E-state index is 0.403. The zero-order valence-electron chi connectivity index (χ0n) is 13.7. The molecule has 1 fully saturated rings. The van der Waals surface area contributed by atoms with E-state index in [1.54, 1.807) is 6.92 Å². The van der Waals surface area contributed by atoms with Gasteiger partial charge in [0.05, 0.1) is 13.2 Å². The molecule has 0 bridgehead atoms. The lowest BCUT2D eigenvalue weighted by molar-refractivity contribution is -0.144. The molecule has 0 aliphatic heterocycles.